The number of ether oxygens (including phenoxy) is 5. The number of aliphatic carboxylic acids is 2. The zero-order valence-electron chi connectivity index (χ0n) is 21.2. The van der Waals surface area contributed by atoms with Crippen molar-refractivity contribution in [2.24, 2.45) is 5.11 Å². The highest BCUT2D eigenvalue weighted by molar-refractivity contribution is 6.26. The maximum Gasteiger partial charge on any atom is 0.333 e. The van der Waals surface area contributed by atoms with Crippen molar-refractivity contribution in [2.75, 3.05) is 12.5 Å². The first kappa shape index (κ1) is 30.8. The van der Waals surface area contributed by atoms with E-state index < -0.39 is 73.6 Å². The summed E-state index contributed by atoms with van der Waals surface area (Å²) in [6, 6.07) is 16.9. The van der Waals surface area contributed by atoms with Crippen molar-refractivity contribution < 1.29 is 48.3 Å². The van der Waals surface area contributed by atoms with E-state index in [-0.39, 0.29) is 13.2 Å². The topological polar surface area (TPSA) is 187 Å². The Hall–Kier alpha value is -3.71. The number of azide groups is 1. The molecule has 2 aromatic carbocycles. The fraction of sp³-hybridized carbons (Fsp3) is 0.423. The Balaban J connectivity index is 1.97. The van der Waals surface area contributed by atoms with E-state index >= 15 is 0 Å². The Bertz CT molecular complexity index is 1170. The van der Waals surface area contributed by atoms with Crippen molar-refractivity contribution in [1.29, 1.82) is 0 Å². The molecule has 0 saturated carbocycles. The largest absolute Gasteiger partial charge is 0.481 e. The minimum absolute atomic E-state index is 0.0343. The SMILES string of the molecule is [N-]=[N+]=N[C@H]1[C@@H](O[C@@H](CC(=O)O)C(=O)O)O[C@H](COC(=O)CCl)[C@@H](OCc2ccccc2)[C@@H]1OCc1ccccc1. The summed E-state index contributed by atoms with van der Waals surface area (Å²) in [6.45, 7) is -0.284. The molecule has 0 aromatic heterocycles. The molecular weight excluding hydrogens is 550 g/mol. The number of nitrogens with zero attached hydrogens (tertiary/aromatic N) is 3. The Kier molecular flexibility index (Phi) is 12.2. The predicted molar refractivity (Wildman–Crippen MR) is 138 cm³/mol. The van der Waals surface area contributed by atoms with E-state index in [4.69, 9.17) is 40.4 Å². The van der Waals surface area contributed by atoms with Crippen LogP contribution in [0.1, 0.15) is 17.5 Å². The van der Waals surface area contributed by atoms with Crippen LogP contribution in [0.15, 0.2) is 65.8 Å². The summed E-state index contributed by atoms with van der Waals surface area (Å²) >= 11 is 5.57. The van der Waals surface area contributed by atoms with Crippen LogP contribution in [-0.4, -0.2) is 77.4 Å². The lowest BCUT2D eigenvalue weighted by Gasteiger charge is -2.44. The van der Waals surface area contributed by atoms with Gasteiger partial charge in [0.1, 0.15) is 36.8 Å². The summed E-state index contributed by atoms with van der Waals surface area (Å²) < 4.78 is 29.0. The van der Waals surface area contributed by atoms with Gasteiger partial charge in [-0.1, -0.05) is 65.8 Å². The highest BCUT2D eigenvalue weighted by Gasteiger charge is 2.49. The molecule has 0 radical (unpaired) electrons. The molecule has 3 rings (SSSR count). The molecule has 0 bridgehead atoms. The third-order valence-electron chi connectivity index (χ3n) is 5.82. The van der Waals surface area contributed by atoms with E-state index in [9.17, 15) is 25.0 Å². The van der Waals surface area contributed by atoms with Crippen LogP contribution in [0.4, 0.5) is 0 Å². The maximum atomic E-state index is 11.8. The summed E-state index contributed by atoms with van der Waals surface area (Å²) in [6.07, 6.45) is -7.54. The summed E-state index contributed by atoms with van der Waals surface area (Å²) in [5, 5.41) is 22.5. The van der Waals surface area contributed by atoms with Crippen molar-refractivity contribution in [3.8, 4) is 0 Å². The van der Waals surface area contributed by atoms with Crippen LogP contribution in [-0.2, 0) is 51.3 Å². The van der Waals surface area contributed by atoms with E-state index in [1.165, 1.54) is 0 Å². The number of alkyl halides is 1. The number of carbonyl (C=O) groups is 3. The van der Waals surface area contributed by atoms with Crippen LogP contribution in [0.5, 0.6) is 0 Å². The quantitative estimate of drug-likeness (QED) is 0.104. The van der Waals surface area contributed by atoms with E-state index in [0.717, 1.165) is 11.1 Å². The van der Waals surface area contributed by atoms with Gasteiger partial charge in [-0.3, -0.25) is 9.59 Å². The van der Waals surface area contributed by atoms with Crippen molar-refractivity contribution in [3.05, 3.63) is 82.2 Å². The number of carboxylic acid groups (broad SMARTS) is 2. The van der Waals surface area contributed by atoms with Gasteiger partial charge in [-0.15, -0.1) is 11.6 Å². The normalized spacial score (nSPS) is 23.0. The van der Waals surface area contributed by atoms with Gasteiger partial charge in [0.2, 0.25) is 0 Å². The van der Waals surface area contributed by atoms with Gasteiger partial charge in [-0.25, -0.2) is 4.79 Å². The average molecular weight is 578 g/mol. The first-order valence-electron chi connectivity index (χ1n) is 12.1. The number of carboxylic acids is 2. The van der Waals surface area contributed by atoms with Gasteiger partial charge in [-0.05, 0) is 16.7 Å². The first-order valence-corrected chi connectivity index (χ1v) is 12.7. The number of halogens is 1. The number of hydrogen-bond acceptors (Lipinski definition) is 9. The van der Waals surface area contributed by atoms with Gasteiger partial charge in [0.15, 0.2) is 12.4 Å². The molecule has 13 nitrogen and oxygen atoms in total. The fourth-order valence-corrected chi connectivity index (χ4v) is 4.05. The molecule has 1 fully saturated rings. The average Bonchev–Trinajstić information content (AvgIpc) is 2.95. The van der Waals surface area contributed by atoms with Crippen molar-refractivity contribution in [1.82, 2.24) is 0 Å². The molecule has 0 spiro atoms. The van der Waals surface area contributed by atoms with Gasteiger partial charge < -0.3 is 33.9 Å². The minimum atomic E-state index is -1.85. The molecule has 1 saturated heterocycles. The zero-order chi connectivity index (χ0) is 28.9. The van der Waals surface area contributed by atoms with Gasteiger partial charge in [0, 0.05) is 4.91 Å². The lowest BCUT2D eigenvalue weighted by Crippen LogP contribution is -2.61. The zero-order valence-corrected chi connectivity index (χ0v) is 21.9. The lowest BCUT2D eigenvalue weighted by molar-refractivity contribution is -0.293. The fourth-order valence-electron chi connectivity index (χ4n) is 3.97. The van der Waals surface area contributed by atoms with Crippen LogP contribution in [0.2, 0.25) is 0 Å². The molecule has 6 atom stereocenters. The molecule has 0 aliphatic carbocycles. The van der Waals surface area contributed by atoms with Crippen LogP contribution >= 0.6 is 11.6 Å². The number of carbonyl (C=O) groups excluding carboxylic acids is 1. The van der Waals surface area contributed by atoms with Gasteiger partial charge >= 0.3 is 17.9 Å². The second-order valence-electron chi connectivity index (χ2n) is 8.64. The molecule has 2 aromatic rings. The lowest BCUT2D eigenvalue weighted by atomic mass is 9.96. The summed E-state index contributed by atoms with van der Waals surface area (Å²) in [5.41, 5.74) is 10.9. The third-order valence-corrected chi connectivity index (χ3v) is 6.04. The molecule has 1 heterocycles. The Labute approximate surface area is 234 Å². The monoisotopic (exact) mass is 577 g/mol. The molecule has 0 amide bonds. The highest BCUT2D eigenvalue weighted by atomic mass is 35.5. The molecule has 214 valence electrons. The Morgan fingerprint density at radius 3 is 2.05 bits per heavy atom. The number of esters is 1. The van der Waals surface area contributed by atoms with Crippen LogP contribution < -0.4 is 0 Å². The van der Waals surface area contributed by atoms with E-state index in [0.29, 0.717) is 0 Å². The third kappa shape index (κ3) is 9.19. The standard InChI is InChI=1S/C26H28ClN3O10/c27-12-21(33)36-15-19-23(37-13-16-7-3-1-4-8-16)24(38-14-17-9-5-2-6-10-17)22(29-30-28)26(40-19)39-18(25(34)35)11-20(31)32/h1-10,18-19,22-24,26H,11-15H2,(H,31,32)(H,34,35)/t18-,19+,22+,23+,24+,26-/m0/s1. The van der Waals surface area contributed by atoms with Crippen LogP contribution in [0, 0.1) is 0 Å². The van der Waals surface area contributed by atoms with Gasteiger partial charge in [0.25, 0.3) is 0 Å². The summed E-state index contributed by atoms with van der Waals surface area (Å²) in [7, 11) is 0. The van der Waals surface area contributed by atoms with Gasteiger partial charge in [-0.2, -0.15) is 0 Å². The van der Waals surface area contributed by atoms with Crippen molar-refractivity contribution >= 4 is 29.5 Å². The second-order valence-corrected chi connectivity index (χ2v) is 8.91. The second kappa shape index (κ2) is 15.8. The maximum absolute atomic E-state index is 11.8. The van der Waals surface area contributed by atoms with E-state index in [1.807, 2.05) is 48.5 Å². The molecule has 14 heteroatoms. The van der Waals surface area contributed by atoms with Crippen LogP contribution in [0.25, 0.3) is 10.4 Å². The van der Waals surface area contributed by atoms with Crippen molar-refractivity contribution in [3.63, 3.8) is 0 Å². The number of benzene rings is 2. The van der Waals surface area contributed by atoms with E-state index in [1.54, 1.807) is 12.1 Å². The number of hydrogen-bond donors (Lipinski definition) is 2. The first-order chi connectivity index (χ1) is 19.3. The van der Waals surface area contributed by atoms with Gasteiger partial charge in [0.05, 0.1) is 19.6 Å². The number of rotatable bonds is 15. The molecule has 40 heavy (non-hydrogen) atoms. The van der Waals surface area contributed by atoms with E-state index in [2.05, 4.69) is 10.0 Å². The molecule has 0 unspecified atom stereocenters. The predicted octanol–water partition coefficient (Wildman–Crippen LogP) is 3.29. The summed E-state index contributed by atoms with van der Waals surface area (Å²) in [5.74, 6) is -4.19. The van der Waals surface area contributed by atoms with Crippen LogP contribution in [0.3, 0.4) is 0 Å². The Morgan fingerprint density at radius 1 is 0.975 bits per heavy atom. The molecule has 1 aliphatic heterocycles. The Morgan fingerprint density at radius 2 is 1.55 bits per heavy atom. The highest BCUT2D eigenvalue weighted by Crippen LogP contribution is 2.32. The molecule has 1 aliphatic rings. The van der Waals surface area contributed by atoms with Crippen molar-refractivity contribution in [2.45, 2.75) is 56.4 Å². The smallest absolute Gasteiger partial charge is 0.333 e. The molecule has 2 N–H and O–H groups in total. The summed E-state index contributed by atoms with van der Waals surface area (Å²) in [4.78, 5) is 37.7. The minimum Gasteiger partial charge on any atom is -0.481 e. The molecular formula is C26H28ClN3O10.